The summed E-state index contributed by atoms with van der Waals surface area (Å²) in [5.74, 6) is 0.994. The third kappa shape index (κ3) is 7.68. The van der Waals surface area contributed by atoms with Crippen LogP contribution in [0.3, 0.4) is 0 Å². The lowest BCUT2D eigenvalue weighted by Gasteiger charge is -2.36. The maximum atomic E-state index is 13.6. The quantitative estimate of drug-likeness (QED) is 0.123. The average Bonchev–Trinajstić information content (AvgIpc) is 3.55. The van der Waals surface area contributed by atoms with E-state index < -0.39 is 19.9 Å². The van der Waals surface area contributed by atoms with Gasteiger partial charge in [-0.05, 0) is 92.8 Å². The van der Waals surface area contributed by atoms with Gasteiger partial charge in [-0.3, -0.25) is 9.69 Å². The molecule has 4 aromatic rings. The number of nitrogens with two attached hydrogens (primary N) is 1. The molecule has 252 valence electrons. The third-order valence-electron chi connectivity index (χ3n) is 9.08. The largest absolute Gasteiger partial charge is 0.543 e. The lowest BCUT2D eigenvalue weighted by atomic mass is 9.96. The molecule has 4 N–H and O–H groups in total. The van der Waals surface area contributed by atoms with E-state index in [4.69, 9.17) is 19.6 Å². The number of nitrogens with zero attached hydrogens (tertiary/aromatic N) is 1. The summed E-state index contributed by atoms with van der Waals surface area (Å²) in [5, 5.41) is 4.60. The number of aromatic nitrogens is 1. The number of benzene rings is 2. The summed E-state index contributed by atoms with van der Waals surface area (Å²) in [4.78, 5) is 33.4. The van der Waals surface area contributed by atoms with E-state index in [0.29, 0.717) is 42.3 Å². The summed E-state index contributed by atoms with van der Waals surface area (Å²) in [6.45, 7) is 18.3. The Bertz CT molecular complexity index is 1760. The van der Waals surface area contributed by atoms with Crippen LogP contribution in [0.5, 0.6) is 11.5 Å². The van der Waals surface area contributed by atoms with Gasteiger partial charge >= 0.3 is 5.97 Å². The highest BCUT2D eigenvalue weighted by molar-refractivity contribution is 7.16. The second-order valence-corrected chi connectivity index (χ2v) is 20.6. The zero-order valence-electron chi connectivity index (χ0n) is 29.0. The lowest BCUT2D eigenvalue weighted by Crippen LogP contribution is -2.43. The van der Waals surface area contributed by atoms with Crippen LogP contribution < -0.4 is 20.2 Å². The average molecular weight is 677 g/mol. The van der Waals surface area contributed by atoms with E-state index in [1.54, 1.807) is 7.11 Å². The second kappa shape index (κ2) is 13.0. The molecule has 0 saturated heterocycles. The second-order valence-electron chi connectivity index (χ2n) is 14.8. The topological polar surface area (TPSA) is 119 Å². The zero-order chi connectivity index (χ0) is 34.3. The fourth-order valence-corrected chi connectivity index (χ4v) is 7.82. The zero-order valence-corrected chi connectivity index (χ0v) is 30.8. The molecule has 5 rings (SSSR count). The van der Waals surface area contributed by atoms with Crippen molar-refractivity contribution in [2.75, 3.05) is 25.9 Å². The van der Waals surface area contributed by atoms with Gasteiger partial charge in [0.1, 0.15) is 27.8 Å². The monoisotopic (exact) mass is 676 g/mol. The Morgan fingerprint density at radius 3 is 2.36 bits per heavy atom. The molecule has 2 aromatic carbocycles. The highest BCUT2D eigenvalue weighted by atomic mass is 32.1. The lowest BCUT2D eigenvalue weighted by molar-refractivity contribution is 0.00689. The minimum Gasteiger partial charge on any atom is -0.543 e. The van der Waals surface area contributed by atoms with Crippen molar-refractivity contribution in [1.82, 2.24) is 15.2 Å². The van der Waals surface area contributed by atoms with E-state index >= 15 is 0 Å². The molecule has 1 unspecified atom stereocenters. The molecule has 0 bridgehead atoms. The van der Waals surface area contributed by atoms with Crippen LogP contribution in [0.25, 0.3) is 10.9 Å². The number of carbonyl (C=O) groups excluding carboxylic acids is 2. The Morgan fingerprint density at radius 1 is 1.04 bits per heavy atom. The first-order chi connectivity index (χ1) is 22.0. The fraction of sp³-hybridized carbons (Fsp3) is 0.444. The molecule has 47 heavy (non-hydrogen) atoms. The summed E-state index contributed by atoms with van der Waals surface area (Å²) in [5.41, 5.74) is 9.66. The predicted molar refractivity (Wildman–Crippen MR) is 192 cm³/mol. The molecule has 0 fully saturated rings. The molecule has 3 heterocycles. The van der Waals surface area contributed by atoms with Crippen LogP contribution in [0.4, 0.5) is 5.00 Å². The molecule has 1 atom stereocenters. The molecular weight excluding hydrogens is 629 g/mol. The maximum absolute atomic E-state index is 13.6. The van der Waals surface area contributed by atoms with Gasteiger partial charge in [0.05, 0.1) is 18.7 Å². The minimum atomic E-state index is -2.01. The van der Waals surface area contributed by atoms with Crippen LogP contribution in [0, 0.1) is 0 Å². The SMILES string of the molecule is COc1ccc(CN2CCc3c(sc(N)c3C(=O)OC(C)(C)C)C2CNC(=O)c2cc3cc(O[Si](C)(C)C(C)(C)C)ccc3[nH]2)cc1. The van der Waals surface area contributed by atoms with Crippen LogP contribution in [0.1, 0.15) is 84.4 Å². The first-order valence-corrected chi connectivity index (χ1v) is 19.8. The van der Waals surface area contributed by atoms with Gasteiger partial charge in [-0.2, -0.15) is 0 Å². The Hall–Kier alpha value is -3.80. The van der Waals surface area contributed by atoms with Gasteiger partial charge < -0.3 is 29.9 Å². The van der Waals surface area contributed by atoms with Gasteiger partial charge in [-0.25, -0.2) is 4.79 Å². The number of ether oxygens (including phenoxy) is 2. The Morgan fingerprint density at radius 2 is 1.72 bits per heavy atom. The molecule has 9 nitrogen and oxygen atoms in total. The number of esters is 1. The Labute approximate surface area is 282 Å². The van der Waals surface area contributed by atoms with Crippen molar-refractivity contribution in [3.05, 3.63) is 75.8 Å². The normalized spacial score (nSPS) is 15.7. The standard InChI is InChI=1S/C36H48N4O5SSi/c1-35(2,3)44-34(42)30-26-16-17-40(21-22-10-12-24(43-7)13-11-22)29(31(26)46-32(30)37)20-38-33(41)28-19-23-18-25(14-15-27(23)39-28)45-47(8,9)36(4,5)6/h10-15,18-19,29,39H,16-17,20-21,37H2,1-9H3,(H,38,41). The Balaban J connectivity index is 1.39. The number of fused-ring (bicyclic) bond motifs is 2. The minimum absolute atomic E-state index is 0.0757. The van der Waals surface area contributed by atoms with E-state index in [-0.39, 0.29) is 17.0 Å². The van der Waals surface area contributed by atoms with Crippen molar-refractivity contribution in [3.8, 4) is 11.5 Å². The number of rotatable bonds is 9. The number of hydrogen-bond acceptors (Lipinski definition) is 8. The van der Waals surface area contributed by atoms with Crippen LogP contribution in [0.2, 0.25) is 18.1 Å². The number of aromatic amines is 1. The number of methoxy groups -OCH3 is 1. The van der Waals surface area contributed by atoms with Gasteiger partial charge in [-0.1, -0.05) is 32.9 Å². The number of nitrogens with one attached hydrogen (secondary N) is 2. The van der Waals surface area contributed by atoms with E-state index in [1.165, 1.54) is 11.3 Å². The van der Waals surface area contributed by atoms with Crippen LogP contribution in [-0.4, -0.2) is 55.9 Å². The van der Waals surface area contributed by atoms with Gasteiger partial charge in [-0.15, -0.1) is 11.3 Å². The van der Waals surface area contributed by atoms with E-state index in [0.717, 1.165) is 38.4 Å². The summed E-state index contributed by atoms with van der Waals surface area (Å²) < 4.78 is 17.6. The van der Waals surface area contributed by atoms with Crippen molar-refractivity contribution in [2.24, 2.45) is 0 Å². The van der Waals surface area contributed by atoms with Gasteiger partial charge in [0.2, 0.25) is 8.32 Å². The molecule has 0 aliphatic carbocycles. The van der Waals surface area contributed by atoms with Crippen LogP contribution in [-0.2, 0) is 17.7 Å². The number of anilines is 1. The molecule has 0 saturated carbocycles. The number of nitrogen functional groups attached to an aromatic ring is 1. The molecule has 1 amide bonds. The van der Waals surface area contributed by atoms with Crippen molar-refractivity contribution in [3.63, 3.8) is 0 Å². The molecule has 0 radical (unpaired) electrons. The van der Waals surface area contributed by atoms with Crippen molar-refractivity contribution in [1.29, 1.82) is 0 Å². The van der Waals surface area contributed by atoms with E-state index in [2.05, 4.69) is 49.1 Å². The first-order valence-electron chi connectivity index (χ1n) is 16.1. The first kappa shape index (κ1) is 34.5. The molecule has 1 aliphatic heterocycles. The van der Waals surface area contributed by atoms with Crippen molar-refractivity contribution in [2.45, 2.75) is 84.3 Å². The van der Waals surface area contributed by atoms with Gasteiger partial charge in [0.15, 0.2) is 0 Å². The summed E-state index contributed by atoms with van der Waals surface area (Å²) in [6, 6.07) is 15.6. The summed E-state index contributed by atoms with van der Waals surface area (Å²) in [6.07, 6.45) is 0.652. The fourth-order valence-electron chi connectivity index (χ4n) is 5.56. The molecular formula is C36H48N4O5SSi. The van der Waals surface area contributed by atoms with Gasteiger partial charge in [0.25, 0.3) is 5.91 Å². The highest BCUT2D eigenvalue weighted by Gasteiger charge is 2.39. The number of amides is 1. The van der Waals surface area contributed by atoms with Crippen molar-refractivity contribution < 1.29 is 23.5 Å². The maximum Gasteiger partial charge on any atom is 0.341 e. The smallest absolute Gasteiger partial charge is 0.341 e. The number of H-pyrrole nitrogens is 1. The summed E-state index contributed by atoms with van der Waals surface area (Å²) >= 11 is 1.40. The van der Waals surface area contributed by atoms with Crippen LogP contribution in [0.15, 0.2) is 48.5 Å². The highest BCUT2D eigenvalue weighted by Crippen LogP contribution is 2.42. The number of hydrogen-bond donors (Lipinski definition) is 3. The number of thiophene rings is 1. The third-order valence-corrected chi connectivity index (χ3v) is 14.6. The Kier molecular flexibility index (Phi) is 9.56. The van der Waals surface area contributed by atoms with Gasteiger partial charge in [0, 0.05) is 35.4 Å². The van der Waals surface area contributed by atoms with E-state index in [1.807, 2.05) is 69.3 Å². The molecule has 1 aliphatic rings. The predicted octanol–water partition coefficient (Wildman–Crippen LogP) is 7.69. The number of carbonyl (C=O) groups is 2. The molecule has 2 aromatic heterocycles. The van der Waals surface area contributed by atoms with Crippen molar-refractivity contribution >= 4 is 47.4 Å². The molecule has 0 spiro atoms. The molecule has 11 heteroatoms. The summed E-state index contributed by atoms with van der Waals surface area (Å²) in [7, 11) is -0.356. The van der Waals surface area contributed by atoms with E-state index in [9.17, 15) is 9.59 Å². The van der Waals surface area contributed by atoms with Crippen LogP contribution >= 0.6 is 11.3 Å².